The predicted molar refractivity (Wildman–Crippen MR) is 61.2 cm³/mol. The Balaban J connectivity index is 0. The molecule has 0 saturated carbocycles. The van der Waals surface area contributed by atoms with Gasteiger partial charge in [0, 0.05) is 18.8 Å². The zero-order valence-electron chi connectivity index (χ0n) is 9.11. The SMILES string of the molecule is C1CNCNC1.C=CC(=O)O.C=CC(=O)O. The number of carboxylic acid groups (broad SMARTS) is 2. The van der Waals surface area contributed by atoms with Crippen molar-refractivity contribution in [2.24, 2.45) is 0 Å². The first-order valence-electron chi connectivity index (χ1n) is 4.66. The highest BCUT2D eigenvalue weighted by Gasteiger charge is 1.91. The summed E-state index contributed by atoms with van der Waals surface area (Å²) in [6.45, 7) is 9.30. The molecule has 92 valence electrons. The van der Waals surface area contributed by atoms with E-state index in [0.29, 0.717) is 0 Å². The summed E-state index contributed by atoms with van der Waals surface area (Å²) in [6.07, 6.45) is 2.94. The van der Waals surface area contributed by atoms with Crippen LogP contribution in [0.25, 0.3) is 0 Å². The van der Waals surface area contributed by atoms with Gasteiger partial charge in [-0.1, -0.05) is 13.2 Å². The van der Waals surface area contributed by atoms with Crippen molar-refractivity contribution in [3.63, 3.8) is 0 Å². The van der Waals surface area contributed by atoms with Gasteiger partial charge in [-0.3, -0.25) is 0 Å². The van der Waals surface area contributed by atoms with Gasteiger partial charge in [0.1, 0.15) is 0 Å². The molecule has 1 fully saturated rings. The summed E-state index contributed by atoms with van der Waals surface area (Å²) in [7, 11) is 0. The molecule has 1 aliphatic heterocycles. The van der Waals surface area contributed by atoms with Crippen LogP contribution in [0.2, 0.25) is 0 Å². The number of hydrogen-bond donors (Lipinski definition) is 4. The number of carboxylic acids is 2. The highest BCUT2D eigenvalue weighted by Crippen LogP contribution is 1.75. The molecule has 6 nitrogen and oxygen atoms in total. The van der Waals surface area contributed by atoms with E-state index in [1.807, 2.05) is 0 Å². The fourth-order valence-electron chi connectivity index (χ4n) is 0.604. The van der Waals surface area contributed by atoms with E-state index >= 15 is 0 Å². The van der Waals surface area contributed by atoms with E-state index in [4.69, 9.17) is 10.2 Å². The molecule has 0 atom stereocenters. The van der Waals surface area contributed by atoms with E-state index in [2.05, 4.69) is 23.8 Å². The van der Waals surface area contributed by atoms with Crippen LogP contribution in [0.4, 0.5) is 0 Å². The normalized spacial score (nSPS) is 13.0. The Labute approximate surface area is 94.7 Å². The quantitative estimate of drug-likeness (QED) is 0.500. The summed E-state index contributed by atoms with van der Waals surface area (Å²) in [4.78, 5) is 18.5. The number of nitrogens with one attached hydrogen (secondary N) is 2. The minimum atomic E-state index is -0.981. The Morgan fingerprint density at radius 3 is 1.38 bits per heavy atom. The Kier molecular flexibility index (Phi) is 14.0. The van der Waals surface area contributed by atoms with Gasteiger partial charge in [-0.15, -0.1) is 0 Å². The number of aliphatic carboxylic acids is 2. The van der Waals surface area contributed by atoms with Crippen molar-refractivity contribution in [3.8, 4) is 0 Å². The van der Waals surface area contributed by atoms with Gasteiger partial charge < -0.3 is 20.8 Å². The summed E-state index contributed by atoms with van der Waals surface area (Å²) >= 11 is 0. The van der Waals surface area contributed by atoms with Gasteiger partial charge in [0.25, 0.3) is 0 Å². The average Bonchev–Trinajstić information content (AvgIpc) is 2.32. The van der Waals surface area contributed by atoms with Crippen LogP contribution in [0.15, 0.2) is 25.3 Å². The fraction of sp³-hybridized carbons (Fsp3) is 0.400. The molecular weight excluding hydrogens is 212 g/mol. The summed E-state index contributed by atoms with van der Waals surface area (Å²) in [6, 6.07) is 0. The van der Waals surface area contributed by atoms with Crippen molar-refractivity contribution in [3.05, 3.63) is 25.3 Å². The average molecular weight is 230 g/mol. The summed E-state index contributed by atoms with van der Waals surface area (Å²) < 4.78 is 0. The maximum Gasteiger partial charge on any atom is 0.327 e. The second kappa shape index (κ2) is 13.3. The monoisotopic (exact) mass is 230 g/mol. The molecule has 1 saturated heterocycles. The predicted octanol–water partition coefficient (Wildman–Crippen LogP) is 0.0408. The van der Waals surface area contributed by atoms with Crippen LogP contribution in [0, 0.1) is 0 Å². The standard InChI is InChI=1S/C4H10N2.2C3H4O2/c1-2-5-4-6-3-1;2*1-2-3(4)5/h5-6H,1-4H2;2*2H,1H2,(H,4,5). The highest BCUT2D eigenvalue weighted by atomic mass is 16.4. The van der Waals surface area contributed by atoms with Gasteiger partial charge >= 0.3 is 11.9 Å². The van der Waals surface area contributed by atoms with Crippen LogP contribution in [-0.2, 0) is 9.59 Å². The minimum absolute atomic E-state index is 0.833. The third-order valence-corrected chi connectivity index (χ3v) is 1.31. The molecule has 0 bridgehead atoms. The molecule has 16 heavy (non-hydrogen) atoms. The molecule has 0 aromatic rings. The lowest BCUT2D eigenvalue weighted by atomic mass is 10.4. The van der Waals surface area contributed by atoms with Gasteiger partial charge in [0.05, 0.1) is 0 Å². The van der Waals surface area contributed by atoms with Crippen LogP contribution in [0.5, 0.6) is 0 Å². The molecule has 0 spiro atoms. The lowest BCUT2D eigenvalue weighted by molar-refractivity contribution is -0.132. The number of carbonyl (C=O) groups is 2. The zero-order valence-corrected chi connectivity index (χ0v) is 9.11. The zero-order chi connectivity index (χ0) is 12.8. The largest absolute Gasteiger partial charge is 0.478 e. The van der Waals surface area contributed by atoms with Crippen LogP contribution < -0.4 is 10.6 Å². The molecule has 0 radical (unpaired) electrons. The van der Waals surface area contributed by atoms with E-state index in [9.17, 15) is 9.59 Å². The molecule has 1 rings (SSSR count). The van der Waals surface area contributed by atoms with Crippen LogP contribution in [0.1, 0.15) is 6.42 Å². The first-order chi connectivity index (χ1) is 7.54. The molecule has 0 aromatic heterocycles. The minimum Gasteiger partial charge on any atom is -0.478 e. The van der Waals surface area contributed by atoms with Crippen LogP contribution in [-0.4, -0.2) is 41.9 Å². The smallest absolute Gasteiger partial charge is 0.327 e. The van der Waals surface area contributed by atoms with Gasteiger partial charge in [0.2, 0.25) is 0 Å². The fourth-order valence-corrected chi connectivity index (χ4v) is 0.604. The molecule has 0 aliphatic carbocycles. The van der Waals surface area contributed by atoms with E-state index in [1.165, 1.54) is 19.5 Å². The Bertz CT molecular complexity index is 195. The lowest BCUT2D eigenvalue weighted by Crippen LogP contribution is -2.37. The van der Waals surface area contributed by atoms with Crippen LogP contribution >= 0.6 is 0 Å². The summed E-state index contributed by atoms with van der Waals surface area (Å²) in [5.41, 5.74) is 0. The first-order valence-corrected chi connectivity index (χ1v) is 4.66. The van der Waals surface area contributed by atoms with Gasteiger partial charge in [-0.2, -0.15) is 0 Å². The molecule has 1 heterocycles. The van der Waals surface area contributed by atoms with Gasteiger partial charge in [-0.25, -0.2) is 9.59 Å². The summed E-state index contributed by atoms with van der Waals surface area (Å²) in [5, 5.41) is 21.6. The van der Waals surface area contributed by atoms with E-state index < -0.39 is 11.9 Å². The first kappa shape index (κ1) is 16.8. The molecule has 4 N–H and O–H groups in total. The van der Waals surface area contributed by atoms with Crippen molar-refractivity contribution < 1.29 is 19.8 Å². The second-order valence-electron chi connectivity index (χ2n) is 2.62. The van der Waals surface area contributed by atoms with Crippen molar-refractivity contribution in [2.45, 2.75) is 6.42 Å². The molecule has 0 amide bonds. The van der Waals surface area contributed by atoms with Crippen molar-refractivity contribution in [1.29, 1.82) is 0 Å². The van der Waals surface area contributed by atoms with Crippen molar-refractivity contribution >= 4 is 11.9 Å². The highest BCUT2D eigenvalue weighted by molar-refractivity contribution is 5.79. The van der Waals surface area contributed by atoms with Gasteiger partial charge in [0.15, 0.2) is 0 Å². The molecule has 1 aliphatic rings. The maximum absolute atomic E-state index is 9.25. The van der Waals surface area contributed by atoms with Crippen molar-refractivity contribution in [1.82, 2.24) is 10.6 Å². The third-order valence-electron chi connectivity index (χ3n) is 1.31. The van der Waals surface area contributed by atoms with E-state index in [1.54, 1.807) is 0 Å². The van der Waals surface area contributed by atoms with Crippen molar-refractivity contribution in [2.75, 3.05) is 19.8 Å². The van der Waals surface area contributed by atoms with Crippen LogP contribution in [0.3, 0.4) is 0 Å². The molecule has 6 heteroatoms. The molecule has 0 unspecified atom stereocenters. The Hall–Kier alpha value is -1.66. The second-order valence-corrected chi connectivity index (χ2v) is 2.62. The van der Waals surface area contributed by atoms with Gasteiger partial charge in [-0.05, 0) is 19.5 Å². The Morgan fingerprint density at radius 2 is 1.31 bits per heavy atom. The Morgan fingerprint density at radius 1 is 1.00 bits per heavy atom. The molecule has 0 aromatic carbocycles. The maximum atomic E-state index is 9.25. The van der Waals surface area contributed by atoms with E-state index in [-0.39, 0.29) is 0 Å². The topological polar surface area (TPSA) is 98.7 Å². The molecular formula is C10H18N2O4. The third kappa shape index (κ3) is 22.8. The number of hydrogen-bond acceptors (Lipinski definition) is 4. The number of rotatable bonds is 2. The summed E-state index contributed by atoms with van der Waals surface area (Å²) in [5.74, 6) is -1.96. The lowest BCUT2D eigenvalue weighted by Gasteiger charge is -2.11. The van der Waals surface area contributed by atoms with E-state index in [0.717, 1.165) is 18.8 Å².